The zero-order chi connectivity index (χ0) is 16.0. The van der Waals surface area contributed by atoms with Gasteiger partial charge in [0.2, 0.25) is 0 Å². The van der Waals surface area contributed by atoms with Crippen LogP contribution < -0.4 is 15.1 Å². The molecular weight excluding hydrogens is 274 g/mol. The topological polar surface area (TPSA) is 38.0 Å². The number of carbonyl (C=O) groups is 1. The van der Waals surface area contributed by atoms with Crippen molar-refractivity contribution in [3.05, 3.63) is 0 Å². The average Bonchev–Trinajstić information content (AvgIpc) is 3.03. The van der Waals surface area contributed by atoms with Gasteiger partial charge >= 0.3 is 0 Å². The minimum absolute atomic E-state index is 0.00291. The lowest BCUT2D eigenvalue weighted by Crippen LogP contribution is -3.28. The molecule has 3 rings (SSSR count). The van der Waals surface area contributed by atoms with Crippen LogP contribution in [0.15, 0.2) is 0 Å². The molecule has 1 heterocycles. The molecule has 126 valence electrons. The Balaban J connectivity index is 1.56. The van der Waals surface area contributed by atoms with Gasteiger partial charge in [0, 0.05) is 5.54 Å². The van der Waals surface area contributed by atoms with Crippen molar-refractivity contribution in [3.63, 3.8) is 0 Å². The molecule has 1 aliphatic heterocycles. The minimum Gasteiger partial charge on any atom is -0.345 e. The number of rotatable bonds is 4. The average molecular weight is 309 g/mol. The second-order valence-corrected chi connectivity index (χ2v) is 8.71. The molecule has 0 spiro atoms. The molecule has 0 aromatic heterocycles. The van der Waals surface area contributed by atoms with E-state index in [9.17, 15) is 4.79 Å². The summed E-state index contributed by atoms with van der Waals surface area (Å²) in [7, 11) is 0. The summed E-state index contributed by atoms with van der Waals surface area (Å²) >= 11 is 0. The zero-order valence-corrected chi connectivity index (χ0v) is 14.9. The van der Waals surface area contributed by atoms with E-state index in [0.717, 1.165) is 19.0 Å². The maximum Gasteiger partial charge on any atom is 0.275 e. The van der Waals surface area contributed by atoms with Crippen molar-refractivity contribution in [2.75, 3.05) is 39.3 Å². The number of hydrogen-bond acceptors (Lipinski definition) is 1. The van der Waals surface area contributed by atoms with E-state index in [1.165, 1.54) is 43.8 Å². The number of piperazine rings is 1. The second-order valence-electron chi connectivity index (χ2n) is 8.71. The largest absolute Gasteiger partial charge is 0.345 e. The lowest BCUT2D eigenvalue weighted by Gasteiger charge is -2.48. The smallest absolute Gasteiger partial charge is 0.275 e. The first-order chi connectivity index (χ1) is 10.4. The Bertz CT molecular complexity index is 428. The van der Waals surface area contributed by atoms with Crippen LogP contribution in [0, 0.1) is 17.3 Å². The molecule has 2 aliphatic carbocycles. The highest BCUT2D eigenvalue weighted by molar-refractivity contribution is 5.78. The number of carbonyl (C=O) groups excluding carboxylic acids is 1. The fourth-order valence-corrected chi connectivity index (χ4v) is 5.42. The van der Waals surface area contributed by atoms with E-state index in [2.05, 4.69) is 33.0 Å². The van der Waals surface area contributed by atoms with Crippen LogP contribution in [-0.4, -0.2) is 50.7 Å². The molecule has 0 radical (unpaired) electrons. The maximum absolute atomic E-state index is 12.6. The van der Waals surface area contributed by atoms with Gasteiger partial charge in [0.05, 0.1) is 6.54 Å². The van der Waals surface area contributed by atoms with Gasteiger partial charge in [-0.05, 0) is 50.4 Å². The molecule has 0 aromatic rings. The standard InChI is InChI=1S/C18H33N3O/c1-5-20-8-10-21(11-9-20)13-16(22)19-18(4)15-7-6-14(12-15)17(18,2)3/h14-15H,5-13H2,1-4H3,(H,19,22)/p+2/t14-,15+,18+/m0/s1. The van der Waals surface area contributed by atoms with Gasteiger partial charge in [0.1, 0.15) is 26.2 Å². The minimum atomic E-state index is 0.00291. The molecule has 3 atom stereocenters. The van der Waals surface area contributed by atoms with Crippen molar-refractivity contribution in [1.29, 1.82) is 0 Å². The van der Waals surface area contributed by atoms with E-state index in [-0.39, 0.29) is 16.9 Å². The van der Waals surface area contributed by atoms with Crippen LogP contribution in [0.25, 0.3) is 0 Å². The third-order valence-electron chi connectivity index (χ3n) is 7.58. The molecule has 1 saturated heterocycles. The van der Waals surface area contributed by atoms with Crippen LogP contribution >= 0.6 is 0 Å². The third-order valence-corrected chi connectivity index (χ3v) is 7.58. The van der Waals surface area contributed by atoms with Crippen molar-refractivity contribution in [2.24, 2.45) is 17.3 Å². The second kappa shape index (κ2) is 5.79. The molecule has 3 aliphatic rings. The number of amides is 1. The van der Waals surface area contributed by atoms with E-state index in [4.69, 9.17) is 0 Å². The molecule has 2 saturated carbocycles. The van der Waals surface area contributed by atoms with Crippen LogP contribution in [0.1, 0.15) is 47.0 Å². The van der Waals surface area contributed by atoms with E-state index in [1.54, 1.807) is 4.90 Å². The molecule has 4 nitrogen and oxygen atoms in total. The Kier molecular flexibility index (Phi) is 4.28. The fourth-order valence-electron chi connectivity index (χ4n) is 5.42. The quantitative estimate of drug-likeness (QED) is 0.620. The van der Waals surface area contributed by atoms with Crippen molar-refractivity contribution >= 4 is 5.91 Å². The molecule has 3 fully saturated rings. The fraction of sp³-hybridized carbons (Fsp3) is 0.944. The summed E-state index contributed by atoms with van der Waals surface area (Å²) in [6.45, 7) is 15.9. The summed E-state index contributed by atoms with van der Waals surface area (Å²) < 4.78 is 0. The summed E-state index contributed by atoms with van der Waals surface area (Å²) in [5.41, 5.74) is 0.245. The molecule has 0 aromatic carbocycles. The molecule has 0 unspecified atom stereocenters. The number of hydrogen-bond donors (Lipinski definition) is 3. The van der Waals surface area contributed by atoms with Gasteiger partial charge in [-0.25, -0.2) is 0 Å². The summed E-state index contributed by atoms with van der Waals surface area (Å²) in [5.74, 6) is 1.76. The summed E-state index contributed by atoms with van der Waals surface area (Å²) in [6.07, 6.45) is 3.97. The highest BCUT2D eigenvalue weighted by atomic mass is 16.2. The summed E-state index contributed by atoms with van der Waals surface area (Å²) in [6, 6.07) is 0. The normalized spacial score (nSPS) is 43.3. The van der Waals surface area contributed by atoms with Crippen molar-refractivity contribution in [2.45, 2.75) is 52.5 Å². The maximum atomic E-state index is 12.6. The third kappa shape index (κ3) is 2.58. The van der Waals surface area contributed by atoms with E-state index in [1.807, 2.05) is 0 Å². The van der Waals surface area contributed by atoms with Gasteiger partial charge in [-0.15, -0.1) is 0 Å². The van der Waals surface area contributed by atoms with E-state index in [0.29, 0.717) is 12.5 Å². The zero-order valence-electron chi connectivity index (χ0n) is 14.9. The highest BCUT2D eigenvalue weighted by Gasteiger charge is 2.60. The van der Waals surface area contributed by atoms with Crippen LogP contribution in [0.3, 0.4) is 0 Å². The Morgan fingerprint density at radius 2 is 1.64 bits per heavy atom. The lowest BCUT2D eigenvalue weighted by molar-refractivity contribution is -1.01. The SMILES string of the molecule is CC[NH+]1CC[NH+](CC(=O)N[C@]2(C)[C@@H]3CC[C@@H](C3)C2(C)C)CC1. The van der Waals surface area contributed by atoms with Gasteiger partial charge in [-0.3, -0.25) is 4.79 Å². The van der Waals surface area contributed by atoms with Gasteiger partial charge < -0.3 is 15.1 Å². The van der Waals surface area contributed by atoms with Crippen LogP contribution in [0.4, 0.5) is 0 Å². The van der Waals surface area contributed by atoms with E-state index < -0.39 is 0 Å². The first-order valence-corrected chi connectivity index (χ1v) is 9.35. The van der Waals surface area contributed by atoms with Gasteiger partial charge in [-0.1, -0.05) is 13.8 Å². The Hall–Kier alpha value is -0.610. The van der Waals surface area contributed by atoms with Crippen LogP contribution in [-0.2, 0) is 4.79 Å². The van der Waals surface area contributed by atoms with E-state index >= 15 is 0 Å². The molecule has 4 heteroatoms. The van der Waals surface area contributed by atoms with Gasteiger partial charge in [-0.2, -0.15) is 0 Å². The highest BCUT2D eigenvalue weighted by Crippen LogP contribution is 2.61. The molecule has 3 N–H and O–H groups in total. The van der Waals surface area contributed by atoms with Crippen molar-refractivity contribution in [3.8, 4) is 0 Å². The number of nitrogens with one attached hydrogen (secondary N) is 3. The summed E-state index contributed by atoms with van der Waals surface area (Å²) in [4.78, 5) is 15.8. The molecule has 1 amide bonds. The number of likely N-dealkylation sites (N-methyl/N-ethyl adjacent to an activating group) is 1. The first-order valence-electron chi connectivity index (χ1n) is 9.35. The first kappa shape index (κ1) is 16.3. The molecular formula is C18H35N3O+2. The van der Waals surface area contributed by atoms with Crippen molar-refractivity contribution in [1.82, 2.24) is 5.32 Å². The predicted octanol–water partition coefficient (Wildman–Crippen LogP) is -0.879. The van der Waals surface area contributed by atoms with Gasteiger partial charge in [0.25, 0.3) is 5.91 Å². The molecule has 22 heavy (non-hydrogen) atoms. The number of fused-ring (bicyclic) bond motifs is 2. The van der Waals surface area contributed by atoms with Gasteiger partial charge in [0.15, 0.2) is 6.54 Å². The lowest BCUT2D eigenvalue weighted by atomic mass is 9.64. The monoisotopic (exact) mass is 309 g/mol. The number of quaternary nitrogens is 2. The summed E-state index contributed by atoms with van der Waals surface area (Å²) in [5, 5.41) is 3.48. The Morgan fingerprint density at radius 1 is 1.05 bits per heavy atom. The van der Waals surface area contributed by atoms with Crippen LogP contribution in [0.5, 0.6) is 0 Å². The predicted molar refractivity (Wildman–Crippen MR) is 88.0 cm³/mol. The van der Waals surface area contributed by atoms with Crippen LogP contribution in [0.2, 0.25) is 0 Å². The Morgan fingerprint density at radius 3 is 2.18 bits per heavy atom. The Labute approximate surface area is 135 Å². The molecule has 2 bridgehead atoms. The van der Waals surface area contributed by atoms with Crippen molar-refractivity contribution < 1.29 is 14.6 Å².